The van der Waals surface area contributed by atoms with Crippen molar-refractivity contribution in [1.29, 1.82) is 0 Å². The van der Waals surface area contributed by atoms with E-state index in [1.165, 1.54) is 12.1 Å². The topological polar surface area (TPSA) is 49.3 Å². The number of carbonyl (C=O) groups is 1. The third-order valence-corrected chi connectivity index (χ3v) is 3.34. The summed E-state index contributed by atoms with van der Waals surface area (Å²) in [6, 6.07) is 8.91. The van der Waals surface area contributed by atoms with Crippen LogP contribution in [0.1, 0.15) is 10.4 Å². The van der Waals surface area contributed by atoms with Crippen molar-refractivity contribution in [3.63, 3.8) is 0 Å². The van der Waals surface area contributed by atoms with Gasteiger partial charge >= 0.3 is 0 Å². The van der Waals surface area contributed by atoms with Gasteiger partial charge in [-0.1, -0.05) is 23.9 Å². The average Bonchev–Trinajstić information content (AvgIpc) is 2.43. The summed E-state index contributed by atoms with van der Waals surface area (Å²) in [6.45, 7) is 0. The molecule has 21 heavy (non-hydrogen) atoms. The fraction of sp³-hybridized carbons (Fsp3) is 0.0714. The number of nitrogens with one attached hydrogen (secondary N) is 1. The Kier molecular flexibility index (Phi) is 4.74. The van der Waals surface area contributed by atoms with Crippen LogP contribution in [0.15, 0.2) is 47.4 Å². The maximum absolute atomic E-state index is 13.1. The highest BCUT2D eigenvalue weighted by molar-refractivity contribution is 7.99. The van der Waals surface area contributed by atoms with Crippen LogP contribution in [0.5, 0.6) is 5.75 Å². The number of carbonyl (C=O) groups excluding carboxylic acids is 1. The standard InChI is InChI=1S/C14H10F3NO2S/c15-8-5-6-11(19)9(7-8)13(20)18-10-3-1-2-4-12(10)21-14(16)17/h1-7,14,19H,(H,18,20). The molecule has 0 aliphatic carbocycles. The number of hydrogen-bond acceptors (Lipinski definition) is 3. The lowest BCUT2D eigenvalue weighted by Gasteiger charge is -2.11. The van der Waals surface area contributed by atoms with Crippen molar-refractivity contribution in [1.82, 2.24) is 0 Å². The van der Waals surface area contributed by atoms with Gasteiger partial charge in [-0.3, -0.25) is 4.79 Å². The number of para-hydroxylation sites is 1. The molecule has 3 nitrogen and oxygen atoms in total. The van der Waals surface area contributed by atoms with E-state index in [0.29, 0.717) is 0 Å². The molecule has 0 aromatic heterocycles. The zero-order valence-electron chi connectivity index (χ0n) is 10.5. The number of aromatic hydroxyl groups is 1. The van der Waals surface area contributed by atoms with Gasteiger partial charge in [0, 0.05) is 4.90 Å². The van der Waals surface area contributed by atoms with Crippen molar-refractivity contribution >= 4 is 23.4 Å². The molecule has 2 rings (SSSR count). The smallest absolute Gasteiger partial charge is 0.288 e. The molecule has 7 heteroatoms. The second kappa shape index (κ2) is 6.53. The van der Waals surface area contributed by atoms with Crippen LogP contribution in [-0.4, -0.2) is 16.8 Å². The summed E-state index contributed by atoms with van der Waals surface area (Å²) < 4.78 is 38.0. The summed E-state index contributed by atoms with van der Waals surface area (Å²) in [5.74, 6) is -4.50. The molecule has 0 fully saturated rings. The van der Waals surface area contributed by atoms with Crippen LogP contribution in [0.4, 0.5) is 18.9 Å². The molecule has 0 radical (unpaired) electrons. The van der Waals surface area contributed by atoms with Gasteiger partial charge in [-0.2, -0.15) is 8.78 Å². The van der Waals surface area contributed by atoms with Crippen molar-refractivity contribution in [3.05, 3.63) is 53.8 Å². The molecule has 2 aromatic carbocycles. The van der Waals surface area contributed by atoms with Gasteiger partial charge in [0.1, 0.15) is 11.6 Å². The van der Waals surface area contributed by atoms with Crippen LogP contribution in [0.25, 0.3) is 0 Å². The Morgan fingerprint density at radius 1 is 1.19 bits per heavy atom. The molecule has 0 saturated carbocycles. The Morgan fingerprint density at radius 2 is 1.90 bits per heavy atom. The zero-order chi connectivity index (χ0) is 15.4. The number of rotatable bonds is 4. The highest BCUT2D eigenvalue weighted by Crippen LogP contribution is 2.32. The number of amides is 1. The minimum atomic E-state index is -2.63. The minimum absolute atomic E-state index is 0.163. The molecule has 2 aromatic rings. The summed E-state index contributed by atoms with van der Waals surface area (Å²) >= 11 is 0.285. The maximum atomic E-state index is 13.1. The Balaban J connectivity index is 2.25. The first-order valence-corrected chi connectivity index (χ1v) is 6.69. The van der Waals surface area contributed by atoms with Crippen molar-refractivity contribution < 1.29 is 23.1 Å². The van der Waals surface area contributed by atoms with Gasteiger partial charge in [0.05, 0.1) is 11.3 Å². The van der Waals surface area contributed by atoms with Crippen LogP contribution < -0.4 is 5.32 Å². The molecule has 2 N–H and O–H groups in total. The SMILES string of the molecule is O=C(Nc1ccccc1SC(F)F)c1cc(F)ccc1O. The number of hydrogen-bond donors (Lipinski definition) is 2. The molecule has 1 amide bonds. The number of alkyl halides is 2. The highest BCUT2D eigenvalue weighted by atomic mass is 32.2. The van der Waals surface area contributed by atoms with Crippen molar-refractivity contribution in [2.75, 3.05) is 5.32 Å². The molecule has 0 bridgehead atoms. The number of thioether (sulfide) groups is 1. The molecule has 0 aliphatic rings. The van der Waals surface area contributed by atoms with Crippen LogP contribution in [0.3, 0.4) is 0 Å². The highest BCUT2D eigenvalue weighted by Gasteiger charge is 2.15. The summed E-state index contributed by atoms with van der Waals surface area (Å²) in [5.41, 5.74) is -0.108. The predicted octanol–water partition coefficient (Wildman–Crippen LogP) is 4.10. The van der Waals surface area contributed by atoms with E-state index in [2.05, 4.69) is 5.32 Å². The Hall–Kier alpha value is -2.15. The van der Waals surface area contributed by atoms with Gasteiger partial charge in [0.15, 0.2) is 0 Å². The van der Waals surface area contributed by atoms with Crippen molar-refractivity contribution in [3.8, 4) is 5.75 Å². The summed E-state index contributed by atoms with van der Waals surface area (Å²) in [6.07, 6.45) is 0. The quantitative estimate of drug-likeness (QED) is 0.836. The molecule has 0 aliphatic heterocycles. The van der Waals surface area contributed by atoms with E-state index in [4.69, 9.17) is 0 Å². The van der Waals surface area contributed by atoms with E-state index in [-0.39, 0.29) is 27.9 Å². The van der Waals surface area contributed by atoms with E-state index >= 15 is 0 Å². The second-order valence-corrected chi connectivity index (χ2v) is 5.02. The number of phenolic OH excluding ortho intramolecular Hbond substituents is 1. The van der Waals surface area contributed by atoms with Crippen LogP contribution in [0, 0.1) is 5.82 Å². The number of phenols is 1. The van der Waals surface area contributed by atoms with E-state index in [1.807, 2.05) is 0 Å². The molecular weight excluding hydrogens is 303 g/mol. The summed E-state index contributed by atoms with van der Waals surface area (Å²) in [5, 5.41) is 11.9. The Bertz CT molecular complexity index is 664. The first kappa shape index (κ1) is 15.2. The molecular formula is C14H10F3NO2S. The third-order valence-electron chi connectivity index (χ3n) is 2.55. The van der Waals surface area contributed by atoms with Crippen LogP contribution >= 0.6 is 11.8 Å². The lowest BCUT2D eigenvalue weighted by molar-refractivity contribution is 0.102. The number of anilines is 1. The average molecular weight is 313 g/mol. The first-order chi connectivity index (χ1) is 9.97. The molecule has 0 heterocycles. The Morgan fingerprint density at radius 3 is 2.62 bits per heavy atom. The number of halogens is 3. The fourth-order valence-corrected chi connectivity index (χ4v) is 2.24. The lowest BCUT2D eigenvalue weighted by Crippen LogP contribution is -2.13. The van der Waals surface area contributed by atoms with E-state index in [9.17, 15) is 23.1 Å². The fourth-order valence-electron chi connectivity index (χ4n) is 1.65. The summed E-state index contributed by atoms with van der Waals surface area (Å²) in [4.78, 5) is 12.2. The molecule has 0 unspecified atom stereocenters. The third kappa shape index (κ3) is 3.91. The normalized spacial score (nSPS) is 10.7. The van der Waals surface area contributed by atoms with Gasteiger partial charge in [0.2, 0.25) is 0 Å². The van der Waals surface area contributed by atoms with Gasteiger partial charge < -0.3 is 10.4 Å². The number of benzene rings is 2. The Labute approximate surface area is 122 Å². The molecule has 0 spiro atoms. The monoisotopic (exact) mass is 313 g/mol. The van der Waals surface area contributed by atoms with Crippen LogP contribution in [-0.2, 0) is 0 Å². The zero-order valence-corrected chi connectivity index (χ0v) is 11.3. The van der Waals surface area contributed by atoms with Gasteiger partial charge in [0.25, 0.3) is 11.7 Å². The minimum Gasteiger partial charge on any atom is -0.507 e. The second-order valence-electron chi connectivity index (χ2n) is 3.99. The lowest BCUT2D eigenvalue weighted by atomic mass is 10.1. The van der Waals surface area contributed by atoms with Gasteiger partial charge in [-0.15, -0.1) is 0 Å². The maximum Gasteiger partial charge on any atom is 0.288 e. The molecule has 110 valence electrons. The van der Waals surface area contributed by atoms with Crippen LogP contribution in [0.2, 0.25) is 0 Å². The van der Waals surface area contributed by atoms with Gasteiger partial charge in [-0.25, -0.2) is 4.39 Å². The van der Waals surface area contributed by atoms with E-state index < -0.39 is 23.2 Å². The predicted molar refractivity (Wildman–Crippen MR) is 74.3 cm³/mol. The molecule has 0 atom stereocenters. The van der Waals surface area contributed by atoms with E-state index in [1.54, 1.807) is 12.1 Å². The van der Waals surface area contributed by atoms with Gasteiger partial charge in [-0.05, 0) is 30.3 Å². The summed E-state index contributed by atoms with van der Waals surface area (Å²) in [7, 11) is 0. The van der Waals surface area contributed by atoms with Crippen molar-refractivity contribution in [2.45, 2.75) is 10.7 Å². The van der Waals surface area contributed by atoms with Crippen molar-refractivity contribution in [2.24, 2.45) is 0 Å². The molecule has 0 saturated heterocycles. The van der Waals surface area contributed by atoms with E-state index in [0.717, 1.165) is 18.2 Å². The largest absolute Gasteiger partial charge is 0.507 e. The first-order valence-electron chi connectivity index (χ1n) is 5.81.